The van der Waals surface area contributed by atoms with Crippen LogP contribution in [0, 0.1) is 6.92 Å². The molecule has 1 aromatic rings. The van der Waals surface area contributed by atoms with E-state index >= 15 is 0 Å². The summed E-state index contributed by atoms with van der Waals surface area (Å²) in [6, 6.07) is 5.94. The Morgan fingerprint density at radius 3 is 2.38 bits per heavy atom. The van der Waals surface area contributed by atoms with Crippen molar-refractivity contribution in [3.63, 3.8) is 0 Å². The molecule has 0 spiro atoms. The number of aliphatic carboxylic acids is 1. The van der Waals surface area contributed by atoms with Gasteiger partial charge in [-0.2, -0.15) is 0 Å². The molecule has 0 fully saturated rings. The number of carbonyl (C=O) groups is 2. The first-order valence-electron chi connectivity index (χ1n) is 4.83. The van der Waals surface area contributed by atoms with Crippen LogP contribution in [0.15, 0.2) is 24.3 Å². The summed E-state index contributed by atoms with van der Waals surface area (Å²) < 4.78 is 0. The van der Waals surface area contributed by atoms with Crippen molar-refractivity contribution in [2.45, 2.75) is 19.4 Å². The van der Waals surface area contributed by atoms with Crippen molar-refractivity contribution in [3.8, 4) is 0 Å². The summed E-state index contributed by atoms with van der Waals surface area (Å²) in [5.74, 6) is -0.987. The molecule has 1 aromatic carbocycles. The average molecular weight is 222 g/mol. The van der Waals surface area contributed by atoms with Gasteiger partial charge in [-0.1, -0.05) is 29.8 Å². The minimum atomic E-state index is -0.987. The van der Waals surface area contributed by atoms with E-state index in [1.54, 1.807) is 12.1 Å². The third kappa shape index (κ3) is 3.61. The molecule has 16 heavy (non-hydrogen) atoms. The number of primary amides is 1. The summed E-state index contributed by atoms with van der Waals surface area (Å²) in [7, 11) is 0. The van der Waals surface area contributed by atoms with Gasteiger partial charge >= 0.3 is 12.0 Å². The van der Waals surface area contributed by atoms with Gasteiger partial charge in [0.25, 0.3) is 0 Å². The molecule has 0 bridgehead atoms. The predicted molar refractivity (Wildman–Crippen MR) is 58.9 cm³/mol. The SMILES string of the molecule is Cc1ccc([C@@H](CC(=O)O)NC(N)=O)cc1. The molecule has 0 aromatic heterocycles. The standard InChI is InChI=1S/C11H14N2O3/c1-7-2-4-8(5-3-7)9(6-10(14)15)13-11(12)16/h2-5,9H,6H2,1H3,(H,14,15)(H3,12,13,16)/t9-/m1/s1. The number of carboxylic acids is 1. The van der Waals surface area contributed by atoms with Crippen LogP contribution in [0.3, 0.4) is 0 Å². The second-order valence-electron chi connectivity index (χ2n) is 3.57. The van der Waals surface area contributed by atoms with Crippen molar-refractivity contribution in [1.82, 2.24) is 5.32 Å². The molecular formula is C11H14N2O3. The molecule has 0 unspecified atom stereocenters. The van der Waals surface area contributed by atoms with Gasteiger partial charge in [0.05, 0.1) is 12.5 Å². The fourth-order valence-corrected chi connectivity index (χ4v) is 1.40. The number of hydrogen-bond donors (Lipinski definition) is 3. The number of hydrogen-bond acceptors (Lipinski definition) is 2. The zero-order valence-corrected chi connectivity index (χ0v) is 8.93. The van der Waals surface area contributed by atoms with E-state index in [2.05, 4.69) is 5.32 Å². The summed E-state index contributed by atoms with van der Waals surface area (Å²) in [6.07, 6.45) is -0.188. The van der Waals surface area contributed by atoms with Gasteiger partial charge in [0, 0.05) is 0 Å². The van der Waals surface area contributed by atoms with Gasteiger partial charge in [-0.05, 0) is 12.5 Å². The Kier molecular flexibility index (Phi) is 3.88. The van der Waals surface area contributed by atoms with E-state index in [9.17, 15) is 9.59 Å². The number of rotatable bonds is 4. The fourth-order valence-electron chi connectivity index (χ4n) is 1.40. The number of carbonyl (C=O) groups excluding carboxylic acids is 1. The lowest BCUT2D eigenvalue weighted by Gasteiger charge is -2.15. The fraction of sp³-hybridized carbons (Fsp3) is 0.273. The van der Waals surface area contributed by atoms with Gasteiger partial charge in [0.1, 0.15) is 0 Å². The number of aryl methyl sites for hydroxylation is 1. The summed E-state index contributed by atoms with van der Waals surface area (Å²) in [4.78, 5) is 21.4. The first-order valence-corrected chi connectivity index (χ1v) is 4.83. The summed E-state index contributed by atoms with van der Waals surface area (Å²) in [5.41, 5.74) is 6.79. The largest absolute Gasteiger partial charge is 0.481 e. The van der Waals surface area contributed by atoms with E-state index < -0.39 is 18.0 Å². The van der Waals surface area contributed by atoms with Gasteiger partial charge in [-0.3, -0.25) is 4.79 Å². The molecule has 1 rings (SSSR count). The van der Waals surface area contributed by atoms with Crippen LogP contribution in [0.1, 0.15) is 23.6 Å². The molecule has 0 saturated heterocycles. The highest BCUT2D eigenvalue weighted by Crippen LogP contribution is 2.17. The Morgan fingerprint density at radius 1 is 1.38 bits per heavy atom. The summed E-state index contributed by atoms with van der Waals surface area (Å²) in [5, 5.41) is 11.1. The Bertz CT molecular complexity index is 371. The van der Waals surface area contributed by atoms with E-state index in [-0.39, 0.29) is 6.42 Å². The van der Waals surface area contributed by atoms with Crippen LogP contribution in [-0.2, 0) is 4.79 Å². The quantitative estimate of drug-likeness (QED) is 0.714. The number of nitrogens with one attached hydrogen (secondary N) is 1. The van der Waals surface area contributed by atoms with Gasteiger partial charge in [-0.15, -0.1) is 0 Å². The Morgan fingerprint density at radius 2 is 1.94 bits per heavy atom. The number of carboxylic acid groups (broad SMARTS) is 1. The first-order chi connectivity index (χ1) is 7.49. The van der Waals surface area contributed by atoms with Crippen molar-refractivity contribution < 1.29 is 14.7 Å². The van der Waals surface area contributed by atoms with E-state index in [1.807, 2.05) is 19.1 Å². The number of nitrogens with two attached hydrogens (primary N) is 1. The smallest absolute Gasteiger partial charge is 0.312 e. The molecule has 86 valence electrons. The lowest BCUT2D eigenvalue weighted by Crippen LogP contribution is -2.34. The van der Waals surface area contributed by atoms with E-state index in [1.165, 1.54) is 0 Å². The van der Waals surface area contributed by atoms with Gasteiger partial charge in [0.15, 0.2) is 0 Å². The molecule has 2 amide bonds. The molecule has 0 radical (unpaired) electrons. The number of benzene rings is 1. The minimum absolute atomic E-state index is 0.188. The zero-order chi connectivity index (χ0) is 12.1. The van der Waals surface area contributed by atoms with Crippen LogP contribution in [0.2, 0.25) is 0 Å². The highest BCUT2D eigenvalue weighted by atomic mass is 16.4. The van der Waals surface area contributed by atoms with Crippen LogP contribution in [-0.4, -0.2) is 17.1 Å². The maximum Gasteiger partial charge on any atom is 0.312 e. The molecule has 0 aliphatic heterocycles. The molecule has 0 saturated carbocycles. The molecule has 0 heterocycles. The monoisotopic (exact) mass is 222 g/mol. The molecule has 5 heteroatoms. The topological polar surface area (TPSA) is 92.4 Å². The third-order valence-electron chi connectivity index (χ3n) is 2.17. The molecular weight excluding hydrogens is 208 g/mol. The minimum Gasteiger partial charge on any atom is -0.481 e. The van der Waals surface area contributed by atoms with Crippen LogP contribution < -0.4 is 11.1 Å². The summed E-state index contributed by atoms with van der Waals surface area (Å²) >= 11 is 0. The van der Waals surface area contributed by atoms with Gasteiger partial charge in [-0.25, -0.2) is 4.79 Å². The van der Waals surface area contributed by atoms with Crippen LogP contribution in [0.4, 0.5) is 4.79 Å². The Labute approximate surface area is 93.3 Å². The number of urea groups is 1. The second-order valence-corrected chi connectivity index (χ2v) is 3.57. The van der Waals surface area contributed by atoms with Crippen molar-refractivity contribution in [2.75, 3.05) is 0 Å². The molecule has 0 aliphatic carbocycles. The van der Waals surface area contributed by atoms with Crippen molar-refractivity contribution in [2.24, 2.45) is 5.73 Å². The van der Waals surface area contributed by atoms with Gasteiger partial charge in [0.2, 0.25) is 0 Å². The third-order valence-corrected chi connectivity index (χ3v) is 2.17. The van der Waals surface area contributed by atoms with Crippen molar-refractivity contribution in [1.29, 1.82) is 0 Å². The lowest BCUT2D eigenvalue weighted by molar-refractivity contribution is -0.137. The zero-order valence-electron chi connectivity index (χ0n) is 8.93. The Balaban J connectivity index is 2.86. The van der Waals surface area contributed by atoms with E-state index in [0.29, 0.717) is 0 Å². The van der Waals surface area contributed by atoms with Gasteiger partial charge < -0.3 is 16.2 Å². The highest BCUT2D eigenvalue weighted by Gasteiger charge is 2.16. The predicted octanol–water partition coefficient (Wildman–Crippen LogP) is 1.18. The first kappa shape index (κ1) is 12.0. The molecule has 5 nitrogen and oxygen atoms in total. The average Bonchev–Trinajstić information content (AvgIpc) is 2.16. The molecule has 0 aliphatic rings. The molecule has 4 N–H and O–H groups in total. The van der Waals surface area contributed by atoms with Crippen LogP contribution in [0.25, 0.3) is 0 Å². The highest BCUT2D eigenvalue weighted by molar-refractivity contribution is 5.74. The second kappa shape index (κ2) is 5.16. The normalized spacial score (nSPS) is 11.8. The number of amides is 2. The maximum atomic E-state index is 10.7. The molecule has 1 atom stereocenters. The van der Waals surface area contributed by atoms with E-state index in [0.717, 1.165) is 11.1 Å². The van der Waals surface area contributed by atoms with Crippen LogP contribution in [0.5, 0.6) is 0 Å². The Hall–Kier alpha value is -2.04. The van der Waals surface area contributed by atoms with E-state index in [4.69, 9.17) is 10.8 Å². The van der Waals surface area contributed by atoms with Crippen molar-refractivity contribution in [3.05, 3.63) is 35.4 Å². The summed E-state index contributed by atoms with van der Waals surface area (Å²) in [6.45, 7) is 1.93. The lowest BCUT2D eigenvalue weighted by atomic mass is 10.0. The maximum absolute atomic E-state index is 10.7. The van der Waals surface area contributed by atoms with Crippen molar-refractivity contribution >= 4 is 12.0 Å². The van der Waals surface area contributed by atoms with Crippen LogP contribution >= 0.6 is 0 Å².